The van der Waals surface area contributed by atoms with Gasteiger partial charge in [0.25, 0.3) is 5.91 Å². The molecule has 2 aromatic heterocycles. The molecule has 0 unspecified atom stereocenters. The van der Waals surface area contributed by atoms with Crippen LogP contribution in [-0.2, 0) is 6.18 Å². The Kier molecular flexibility index (Phi) is 7.10. The Labute approximate surface area is 203 Å². The van der Waals surface area contributed by atoms with Crippen molar-refractivity contribution in [2.45, 2.75) is 12.2 Å². The van der Waals surface area contributed by atoms with Crippen molar-refractivity contribution in [3.05, 3.63) is 77.7 Å². The maximum absolute atomic E-state index is 13.1. The van der Waals surface area contributed by atoms with Gasteiger partial charge in [-0.15, -0.1) is 0 Å². The normalized spacial score (nSPS) is 12.1. The van der Waals surface area contributed by atoms with Gasteiger partial charge in [0.1, 0.15) is 5.82 Å². The first-order valence-electron chi connectivity index (χ1n) is 10.7. The van der Waals surface area contributed by atoms with E-state index in [1.807, 2.05) is 11.2 Å². The van der Waals surface area contributed by atoms with Crippen LogP contribution in [0.1, 0.15) is 27.8 Å². The second-order valence-electron chi connectivity index (χ2n) is 7.53. The van der Waals surface area contributed by atoms with Gasteiger partial charge in [0.15, 0.2) is 5.82 Å². The third-order valence-corrected chi connectivity index (χ3v) is 5.11. The van der Waals surface area contributed by atoms with Crippen molar-refractivity contribution in [3.63, 3.8) is 0 Å². The summed E-state index contributed by atoms with van der Waals surface area (Å²) in [5, 5.41) is 24.1. The number of nitrogens with zero attached hydrogens (tertiary/aromatic N) is 4. The SMILES string of the molecule is CNC(=O)c1ccc(Nc2ncc(-c3n[nH]c(C(F)(F)F)n3)c(N[C@H](CO)c3ccccc3)n2)cc1. The van der Waals surface area contributed by atoms with Crippen LogP contribution < -0.4 is 16.0 Å². The van der Waals surface area contributed by atoms with Gasteiger partial charge < -0.3 is 21.1 Å². The van der Waals surface area contributed by atoms with E-state index in [2.05, 4.69) is 36.0 Å². The van der Waals surface area contributed by atoms with Crippen molar-refractivity contribution in [3.8, 4) is 11.4 Å². The fourth-order valence-electron chi connectivity index (χ4n) is 3.29. The number of amides is 1. The molecule has 0 saturated carbocycles. The summed E-state index contributed by atoms with van der Waals surface area (Å²) < 4.78 is 39.2. The Balaban J connectivity index is 1.68. The topological polar surface area (TPSA) is 141 Å². The second-order valence-corrected chi connectivity index (χ2v) is 7.53. The highest BCUT2D eigenvalue weighted by Gasteiger charge is 2.35. The number of anilines is 3. The summed E-state index contributed by atoms with van der Waals surface area (Å²) in [5.74, 6) is -1.55. The molecule has 0 saturated heterocycles. The average Bonchev–Trinajstić information content (AvgIpc) is 3.39. The van der Waals surface area contributed by atoms with E-state index in [4.69, 9.17) is 0 Å². The van der Waals surface area contributed by atoms with E-state index in [0.29, 0.717) is 11.3 Å². The predicted octanol–water partition coefficient (Wildman–Crippen LogP) is 3.53. The molecule has 0 bridgehead atoms. The molecule has 186 valence electrons. The Morgan fingerprint density at radius 2 is 1.81 bits per heavy atom. The van der Waals surface area contributed by atoms with Crippen LogP contribution in [0.4, 0.5) is 30.6 Å². The number of aromatic amines is 1. The zero-order valence-electron chi connectivity index (χ0n) is 18.8. The van der Waals surface area contributed by atoms with Gasteiger partial charge >= 0.3 is 6.18 Å². The molecule has 0 fully saturated rings. The van der Waals surface area contributed by atoms with Gasteiger partial charge in [0, 0.05) is 24.5 Å². The highest BCUT2D eigenvalue weighted by molar-refractivity contribution is 5.94. The van der Waals surface area contributed by atoms with Crippen molar-refractivity contribution in [1.82, 2.24) is 30.5 Å². The lowest BCUT2D eigenvalue weighted by atomic mass is 10.1. The fourth-order valence-corrected chi connectivity index (χ4v) is 3.29. The third kappa shape index (κ3) is 5.58. The summed E-state index contributed by atoms with van der Waals surface area (Å²) in [6, 6.07) is 14.9. The van der Waals surface area contributed by atoms with Crippen LogP contribution in [0.3, 0.4) is 0 Å². The quantitative estimate of drug-likeness (QED) is 0.249. The molecule has 2 heterocycles. The van der Waals surface area contributed by atoms with Crippen LogP contribution in [-0.4, -0.2) is 49.8 Å². The Morgan fingerprint density at radius 3 is 2.42 bits per heavy atom. The van der Waals surface area contributed by atoms with Crippen molar-refractivity contribution in [2.75, 3.05) is 24.3 Å². The number of H-pyrrole nitrogens is 1. The van der Waals surface area contributed by atoms with E-state index in [9.17, 15) is 23.1 Å². The van der Waals surface area contributed by atoms with Gasteiger partial charge in [-0.2, -0.15) is 23.3 Å². The minimum Gasteiger partial charge on any atom is -0.394 e. The first-order chi connectivity index (χ1) is 17.3. The number of carbonyl (C=O) groups excluding carboxylic acids is 1. The highest BCUT2D eigenvalue weighted by atomic mass is 19.4. The number of aromatic nitrogens is 5. The monoisotopic (exact) mass is 498 g/mol. The number of benzene rings is 2. The lowest BCUT2D eigenvalue weighted by Crippen LogP contribution is -2.17. The number of rotatable bonds is 8. The fraction of sp³-hybridized carbons (Fsp3) is 0.174. The van der Waals surface area contributed by atoms with Gasteiger partial charge in [0.2, 0.25) is 11.8 Å². The number of aliphatic hydroxyl groups excluding tert-OH is 1. The molecule has 0 aliphatic rings. The zero-order valence-corrected chi connectivity index (χ0v) is 18.8. The molecule has 0 radical (unpaired) electrons. The van der Waals surface area contributed by atoms with Crippen LogP contribution in [0.5, 0.6) is 0 Å². The molecule has 36 heavy (non-hydrogen) atoms. The first-order valence-corrected chi connectivity index (χ1v) is 10.7. The largest absolute Gasteiger partial charge is 0.451 e. The molecule has 5 N–H and O–H groups in total. The standard InChI is InChI=1S/C23H21F3N8O2/c1-27-20(36)14-7-9-15(10-8-14)29-22-28-11-16(19-31-21(34-33-19)23(24,25)26)18(32-22)30-17(12-35)13-5-3-2-4-6-13/h2-11,17,35H,12H2,1H3,(H,27,36)(H,31,33,34)(H2,28,29,30,32)/t17-/m1/s1. The minimum atomic E-state index is -4.71. The Bertz CT molecular complexity index is 1330. The van der Waals surface area contributed by atoms with Crippen molar-refractivity contribution < 1.29 is 23.1 Å². The second kappa shape index (κ2) is 10.4. The molecule has 10 nitrogen and oxygen atoms in total. The smallest absolute Gasteiger partial charge is 0.394 e. The van der Waals surface area contributed by atoms with E-state index in [0.717, 1.165) is 5.56 Å². The molecule has 4 rings (SSSR count). The number of nitrogens with one attached hydrogen (secondary N) is 4. The molecule has 13 heteroatoms. The van der Waals surface area contributed by atoms with E-state index in [1.54, 1.807) is 48.5 Å². The first kappa shape index (κ1) is 24.6. The van der Waals surface area contributed by atoms with Crippen LogP contribution >= 0.6 is 0 Å². The molecule has 1 amide bonds. The van der Waals surface area contributed by atoms with Gasteiger partial charge in [-0.05, 0) is 29.8 Å². The number of hydrogen-bond donors (Lipinski definition) is 5. The van der Waals surface area contributed by atoms with Crippen LogP contribution in [0.2, 0.25) is 0 Å². The zero-order chi connectivity index (χ0) is 25.7. The van der Waals surface area contributed by atoms with Crippen LogP contribution in [0.25, 0.3) is 11.4 Å². The van der Waals surface area contributed by atoms with E-state index in [-0.39, 0.29) is 35.7 Å². The number of aliphatic hydroxyl groups is 1. The molecule has 2 aromatic carbocycles. The number of halogens is 3. The minimum absolute atomic E-state index is 0.0941. The molecule has 0 aliphatic heterocycles. The van der Waals surface area contributed by atoms with E-state index < -0.39 is 18.0 Å². The van der Waals surface area contributed by atoms with E-state index >= 15 is 0 Å². The molecule has 1 atom stereocenters. The van der Waals surface area contributed by atoms with Crippen LogP contribution in [0, 0.1) is 0 Å². The number of carbonyl (C=O) groups is 1. The molecule has 0 spiro atoms. The van der Waals surface area contributed by atoms with Crippen molar-refractivity contribution >= 4 is 23.4 Å². The summed E-state index contributed by atoms with van der Waals surface area (Å²) in [4.78, 5) is 23.9. The molecular formula is C23H21F3N8O2. The highest BCUT2D eigenvalue weighted by Crippen LogP contribution is 2.31. The van der Waals surface area contributed by atoms with Gasteiger partial charge in [-0.1, -0.05) is 30.3 Å². The molecule has 0 aliphatic carbocycles. The predicted molar refractivity (Wildman–Crippen MR) is 125 cm³/mol. The summed E-state index contributed by atoms with van der Waals surface area (Å²) >= 11 is 0. The Morgan fingerprint density at radius 1 is 1.08 bits per heavy atom. The molecular weight excluding hydrogens is 477 g/mol. The lowest BCUT2D eigenvalue weighted by molar-refractivity contribution is -0.144. The lowest BCUT2D eigenvalue weighted by Gasteiger charge is -2.19. The third-order valence-electron chi connectivity index (χ3n) is 5.11. The summed E-state index contributed by atoms with van der Waals surface area (Å²) in [5.41, 5.74) is 1.85. The van der Waals surface area contributed by atoms with Crippen LogP contribution in [0.15, 0.2) is 60.8 Å². The number of alkyl halides is 3. The summed E-state index contributed by atoms with van der Waals surface area (Å²) in [6.07, 6.45) is -3.43. The van der Waals surface area contributed by atoms with Gasteiger partial charge in [0.05, 0.1) is 18.2 Å². The van der Waals surface area contributed by atoms with Gasteiger partial charge in [-0.3, -0.25) is 9.89 Å². The number of hydrogen-bond acceptors (Lipinski definition) is 8. The average molecular weight is 498 g/mol. The van der Waals surface area contributed by atoms with E-state index in [1.165, 1.54) is 13.2 Å². The van der Waals surface area contributed by atoms with Gasteiger partial charge in [-0.25, -0.2) is 9.97 Å². The maximum Gasteiger partial charge on any atom is 0.451 e. The van der Waals surface area contributed by atoms with Crippen molar-refractivity contribution in [2.24, 2.45) is 0 Å². The van der Waals surface area contributed by atoms with Crippen molar-refractivity contribution in [1.29, 1.82) is 0 Å². The maximum atomic E-state index is 13.1. The summed E-state index contributed by atoms with van der Waals surface area (Å²) in [7, 11) is 1.53. The Hall–Kier alpha value is -4.52. The molecule has 4 aromatic rings. The summed E-state index contributed by atoms with van der Waals surface area (Å²) in [6.45, 7) is -0.320.